The summed E-state index contributed by atoms with van der Waals surface area (Å²) in [5.74, 6) is 0.678. The molecule has 0 radical (unpaired) electrons. The first kappa shape index (κ1) is 15.8. The summed E-state index contributed by atoms with van der Waals surface area (Å²) in [5, 5.41) is 9.12. The van der Waals surface area contributed by atoms with Crippen molar-refractivity contribution in [1.29, 1.82) is 0 Å². The molecule has 0 aliphatic carbocycles. The molecule has 0 fully saturated rings. The molecule has 2 aromatic rings. The minimum atomic E-state index is 0.383. The quantitative estimate of drug-likeness (QED) is 0.890. The molecule has 5 nitrogen and oxygen atoms in total. The number of nitrogens with zero attached hydrogens (tertiary/aromatic N) is 3. The van der Waals surface area contributed by atoms with E-state index in [0.717, 1.165) is 41.9 Å². The molecule has 0 saturated heterocycles. The molecule has 2 rings (SSSR count). The highest BCUT2D eigenvalue weighted by Gasteiger charge is 2.17. The van der Waals surface area contributed by atoms with Crippen LogP contribution in [0.3, 0.4) is 0 Å². The third-order valence-corrected chi connectivity index (χ3v) is 3.90. The van der Waals surface area contributed by atoms with E-state index in [1.165, 1.54) is 0 Å². The number of benzene rings is 1. The zero-order valence-electron chi connectivity index (χ0n) is 12.7. The summed E-state index contributed by atoms with van der Waals surface area (Å²) in [7, 11) is 1.62. The molecule has 0 saturated carbocycles. The number of aryl methyl sites for hydroxylation is 1. The maximum atomic E-state index is 6.16. The summed E-state index contributed by atoms with van der Waals surface area (Å²) in [6.45, 7) is 4.50. The zero-order valence-corrected chi connectivity index (χ0v) is 13.4. The van der Waals surface area contributed by atoms with Crippen molar-refractivity contribution in [1.82, 2.24) is 15.0 Å². The second kappa shape index (κ2) is 6.91. The van der Waals surface area contributed by atoms with E-state index in [2.05, 4.69) is 17.2 Å². The fraction of sp³-hybridized carbons (Fsp3) is 0.467. The fourth-order valence-corrected chi connectivity index (χ4v) is 2.41. The molecule has 0 aliphatic rings. The predicted octanol–water partition coefficient (Wildman–Crippen LogP) is 3.04. The van der Waals surface area contributed by atoms with Crippen molar-refractivity contribution in [2.24, 2.45) is 5.73 Å². The SMILES string of the molecule is CCCCc1c(CN)nnn1-c1cc(C)c(Cl)cc1OC. The molecule has 0 aliphatic heterocycles. The Labute approximate surface area is 130 Å². The maximum absolute atomic E-state index is 6.16. The lowest BCUT2D eigenvalue weighted by Crippen LogP contribution is -2.08. The zero-order chi connectivity index (χ0) is 15.4. The van der Waals surface area contributed by atoms with Gasteiger partial charge in [-0.25, -0.2) is 4.68 Å². The van der Waals surface area contributed by atoms with Gasteiger partial charge in [0.2, 0.25) is 0 Å². The first-order chi connectivity index (χ1) is 10.1. The van der Waals surface area contributed by atoms with Crippen LogP contribution in [0.1, 0.15) is 36.7 Å². The monoisotopic (exact) mass is 308 g/mol. The van der Waals surface area contributed by atoms with Gasteiger partial charge in [-0.3, -0.25) is 0 Å². The Hall–Kier alpha value is -1.59. The standard InChI is InChI=1S/C15H21ClN4O/c1-4-5-6-13-12(9-17)18-19-20(13)14-7-10(2)11(16)8-15(14)21-3/h7-8H,4-6,9,17H2,1-3H3. The molecule has 1 heterocycles. The lowest BCUT2D eigenvalue weighted by molar-refractivity contribution is 0.411. The molecule has 6 heteroatoms. The summed E-state index contributed by atoms with van der Waals surface area (Å²) in [5.41, 5.74) is 9.46. The van der Waals surface area contributed by atoms with Crippen LogP contribution in [0.5, 0.6) is 5.75 Å². The van der Waals surface area contributed by atoms with Crippen LogP contribution >= 0.6 is 11.6 Å². The van der Waals surface area contributed by atoms with Crippen LogP contribution in [0.25, 0.3) is 5.69 Å². The smallest absolute Gasteiger partial charge is 0.146 e. The molecular formula is C15H21ClN4O. The predicted molar refractivity (Wildman–Crippen MR) is 84.2 cm³/mol. The topological polar surface area (TPSA) is 66.0 Å². The number of rotatable bonds is 6. The van der Waals surface area contributed by atoms with Gasteiger partial charge >= 0.3 is 0 Å². The summed E-state index contributed by atoms with van der Waals surface area (Å²) >= 11 is 6.16. The lowest BCUT2D eigenvalue weighted by Gasteiger charge is -2.13. The van der Waals surface area contributed by atoms with Gasteiger partial charge in [-0.2, -0.15) is 0 Å². The minimum Gasteiger partial charge on any atom is -0.494 e. The van der Waals surface area contributed by atoms with E-state index in [1.807, 2.05) is 17.7 Å². The number of methoxy groups -OCH3 is 1. The van der Waals surface area contributed by atoms with Crippen LogP contribution in [0.4, 0.5) is 0 Å². The molecule has 0 bridgehead atoms. The lowest BCUT2D eigenvalue weighted by atomic mass is 10.1. The van der Waals surface area contributed by atoms with Crippen LogP contribution in [-0.4, -0.2) is 22.1 Å². The molecule has 21 heavy (non-hydrogen) atoms. The minimum absolute atomic E-state index is 0.383. The third-order valence-electron chi connectivity index (χ3n) is 3.49. The van der Waals surface area contributed by atoms with Gasteiger partial charge in [-0.15, -0.1) is 5.10 Å². The second-order valence-corrected chi connectivity index (χ2v) is 5.38. The van der Waals surface area contributed by atoms with E-state index in [9.17, 15) is 0 Å². The van der Waals surface area contributed by atoms with Crippen LogP contribution < -0.4 is 10.5 Å². The van der Waals surface area contributed by atoms with Crippen molar-refractivity contribution >= 4 is 11.6 Å². The van der Waals surface area contributed by atoms with Crippen molar-refractivity contribution in [3.05, 3.63) is 34.1 Å². The maximum Gasteiger partial charge on any atom is 0.146 e. The summed E-state index contributed by atoms with van der Waals surface area (Å²) in [6.07, 6.45) is 3.06. The fourth-order valence-electron chi connectivity index (χ4n) is 2.26. The third kappa shape index (κ3) is 3.19. The van der Waals surface area contributed by atoms with Crippen LogP contribution in [0, 0.1) is 6.92 Å². The van der Waals surface area contributed by atoms with Crippen molar-refractivity contribution in [2.75, 3.05) is 7.11 Å². The van der Waals surface area contributed by atoms with Crippen molar-refractivity contribution in [3.63, 3.8) is 0 Å². The number of hydrogen-bond donors (Lipinski definition) is 1. The van der Waals surface area contributed by atoms with Crippen molar-refractivity contribution in [3.8, 4) is 11.4 Å². The van der Waals surface area contributed by atoms with Crippen LogP contribution in [0.15, 0.2) is 12.1 Å². The van der Waals surface area contributed by atoms with E-state index < -0.39 is 0 Å². The van der Waals surface area contributed by atoms with Gasteiger partial charge in [0.1, 0.15) is 11.4 Å². The van der Waals surface area contributed by atoms with Crippen LogP contribution in [-0.2, 0) is 13.0 Å². The highest BCUT2D eigenvalue weighted by molar-refractivity contribution is 6.31. The molecule has 0 amide bonds. The summed E-state index contributed by atoms with van der Waals surface area (Å²) in [6, 6.07) is 3.77. The Morgan fingerprint density at radius 3 is 2.76 bits per heavy atom. The largest absolute Gasteiger partial charge is 0.494 e. The van der Waals surface area contributed by atoms with Gasteiger partial charge in [0.25, 0.3) is 0 Å². The van der Waals surface area contributed by atoms with E-state index in [-0.39, 0.29) is 0 Å². The van der Waals surface area contributed by atoms with Gasteiger partial charge < -0.3 is 10.5 Å². The molecule has 0 atom stereocenters. The number of ether oxygens (including phenoxy) is 1. The first-order valence-corrected chi connectivity index (χ1v) is 7.48. The number of nitrogens with two attached hydrogens (primary N) is 1. The highest BCUT2D eigenvalue weighted by atomic mass is 35.5. The number of halogens is 1. The Balaban J connectivity index is 2.55. The first-order valence-electron chi connectivity index (χ1n) is 7.10. The normalized spacial score (nSPS) is 10.9. The van der Waals surface area contributed by atoms with E-state index >= 15 is 0 Å². The number of hydrogen-bond acceptors (Lipinski definition) is 4. The molecule has 114 valence electrons. The second-order valence-electron chi connectivity index (χ2n) is 4.98. The molecule has 0 spiro atoms. The summed E-state index contributed by atoms with van der Waals surface area (Å²) < 4.78 is 7.25. The Morgan fingerprint density at radius 1 is 1.38 bits per heavy atom. The summed E-state index contributed by atoms with van der Waals surface area (Å²) in [4.78, 5) is 0. The van der Waals surface area contributed by atoms with Crippen molar-refractivity contribution < 1.29 is 4.74 Å². The number of unbranched alkanes of at least 4 members (excludes halogenated alkanes) is 1. The van der Waals surface area contributed by atoms with Gasteiger partial charge in [0.15, 0.2) is 0 Å². The molecular weight excluding hydrogens is 288 g/mol. The van der Waals surface area contributed by atoms with E-state index in [1.54, 1.807) is 13.2 Å². The Kier molecular flexibility index (Phi) is 5.20. The molecule has 2 N–H and O–H groups in total. The highest BCUT2D eigenvalue weighted by Crippen LogP contribution is 2.30. The van der Waals surface area contributed by atoms with Gasteiger partial charge in [-0.1, -0.05) is 30.2 Å². The molecule has 1 aromatic heterocycles. The number of aromatic nitrogens is 3. The van der Waals surface area contributed by atoms with Crippen LogP contribution in [0.2, 0.25) is 5.02 Å². The average Bonchev–Trinajstić information content (AvgIpc) is 2.90. The van der Waals surface area contributed by atoms with Gasteiger partial charge in [0.05, 0.1) is 18.5 Å². The van der Waals surface area contributed by atoms with Gasteiger partial charge in [0, 0.05) is 17.6 Å². The average molecular weight is 309 g/mol. The molecule has 0 unspecified atom stereocenters. The van der Waals surface area contributed by atoms with Gasteiger partial charge in [-0.05, 0) is 31.4 Å². The van der Waals surface area contributed by atoms with E-state index in [0.29, 0.717) is 17.3 Å². The Morgan fingerprint density at radius 2 is 2.14 bits per heavy atom. The van der Waals surface area contributed by atoms with E-state index in [4.69, 9.17) is 22.1 Å². The Bertz CT molecular complexity index is 624. The molecule has 1 aromatic carbocycles. The van der Waals surface area contributed by atoms with Crippen molar-refractivity contribution in [2.45, 2.75) is 39.7 Å².